The van der Waals surface area contributed by atoms with Gasteiger partial charge in [-0.1, -0.05) is 30.9 Å². The van der Waals surface area contributed by atoms with Gasteiger partial charge in [-0.15, -0.1) is 0 Å². The summed E-state index contributed by atoms with van der Waals surface area (Å²) in [6.45, 7) is 5.61. The Kier molecular flexibility index (Phi) is 4.15. The minimum atomic E-state index is -0.0345. The van der Waals surface area contributed by atoms with Gasteiger partial charge in [0.15, 0.2) is 0 Å². The van der Waals surface area contributed by atoms with Crippen LogP contribution in [0.2, 0.25) is 0 Å². The monoisotopic (exact) mass is 267 g/mol. The van der Waals surface area contributed by atoms with Gasteiger partial charge in [0, 0.05) is 36.6 Å². The second-order valence-corrected chi connectivity index (χ2v) is 4.51. The van der Waals surface area contributed by atoms with E-state index in [-0.39, 0.29) is 5.56 Å². The molecular weight excluding hydrogens is 250 g/mol. The quantitative estimate of drug-likeness (QED) is 0.866. The largest absolute Gasteiger partial charge is 0.318 e. The first-order valence-corrected chi connectivity index (χ1v) is 6.29. The first-order valence-electron chi connectivity index (χ1n) is 6.29. The zero-order valence-corrected chi connectivity index (χ0v) is 11.6. The van der Waals surface area contributed by atoms with Gasteiger partial charge in [0.2, 0.25) is 0 Å². The molecule has 4 heteroatoms. The zero-order valence-electron chi connectivity index (χ0n) is 11.6. The highest BCUT2D eigenvalue weighted by Crippen LogP contribution is 2.26. The molecule has 2 heterocycles. The average Bonchev–Trinajstić information content (AvgIpc) is 2.95. The van der Waals surface area contributed by atoms with Crippen LogP contribution in [0.15, 0.2) is 60.3 Å². The van der Waals surface area contributed by atoms with Gasteiger partial charge >= 0.3 is 0 Å². The lowest BCUT2D eigenvalue weighted by Crippen LogP contribution is -2.16. The highest BCUT2D eigenvalue weighted by atomic mass is 16.1. The van der Waals surface area contributed by atoms with E-state index in [9.17, 15) is 4.79 Å². The molecule has 20 heavy (non-hydrogen) atoms. The van der Waals surface area contributed by atoms with Gasteiger partial charge in [0.1, 0.15) is 0 Å². The smallest absolute Gasteiger partial charge is 0.250 e. The molecule has 0 aliphatic carbocycles. The van der Waals surface area contributed by atoms with Crippen LogP contribution in [0.5, 0.6) is 0 Å². The van der Waals surface area contributed by atoms with Crippen LogP contribution in [0.4, 0.5) is 0 Å². The molecule has 0 aliphatic heterocycles. The van der Waals surface area contributed by atoms with Crippen LogP contribution >= 0.6 is 0 Å². The van der Waals surface area contributed by atoms with Crippen LogP contribution < -0.4 is 5.56 Å². The Morgan fingerprint density at radius 2 is 2.25 bits per heavy atom. The molecule has 4 nitrogen and oxygen atoms in total. The van der Waals surface area contributed by atoms with Gasteiger partial charge in [-0.2, -0.15) is 5.10 Å². The summed E-state index contributed by atoms with van der Waals surface area (Å²) in [6.07, 6.45) is 12.8. The predicted molar refractivity (Wildman–Crippen MR) is 82.3 cm³/mol. The normalized spacial score (nSPS) is 12.0. The molecule has 0 saturated carbocycles. The van der Waals surface area contributed by atoms with Crippen molar-refractivity contribution in [2.24, 2.45) is 7.05 Å². The van der Waals surface area contributed by atoms with Gasteiger partial charge in [-0.3, -0.25) is 9.89 Å². The molecule has 1 N–H and O–H groups in total. The van der Waals surface area contributed by atoms with Crippen LogP contribution in [0, 0.1) is 0 Å². The molecule has 0 spiro atoms. The lowest BCUT2D eigenvalue weighted by Gasteiger charge is -2.10. The number of aryl methyl sites for hydroxylation is 1. The molecule has 2 aromatic rings. The number of allylic oxidation sites excluding steroid dienone is 5. The number of hydrogen-bond acceptors (Lipinski definition) is 2. The second kappa shape index (κ2) is 6.02. The minimum absolute atomic E-state index is 0.0345. The SMILES string of the molecule is C=C/C=C\C=C(/C)c1cc(=O)n(C)cc1-c1cn[nH]c1. The zero-order chi connectivity index (χ0) is 14.5. The number of H-pyrrole nitrogens is 1. The van der Waals surface area contributed by atoms with Gasteiger partial charge in [0.25, 0.3) is 5.56 Å². The first kappa shape index (κ1) is 13.8. The van der Waals surface area contributed by atoms with Crippen molar-refractivity contribution in [2.75, 3.05) is 0 Å². The summed E-state index contributed by atoms with van der Waals surface area (Å²) in [5.74, 6) is 0. The highest BCUT2D eigenvalue weighted by molar-refractivity contribution is 5.80. The van der Waals surface area contributed by atoms with Crippen LogP contribution in [0.3, 0.4) is 0 Å². The molecule has 0 bridgehead atoms. The van der Waals surface area contributed by atoms with Crippen molar-refractivity contribution in [1.29, 1.82) is 0 Å². The Morgan fingerprint density at radius 1 is 1.45 bits per heavy atom. The third kappa shape index (κ3) is 2.85. The number of rotatable bonds is 4. The molecule has 0 radical (unpaired) electrons. The Hall–Kier alpha value is -2.62. The Morgan fingerprint density at radius 3 is 2.90 bits per heavy atom. The second-order valence-electron chi connectivity index (χ2n) is 4.51. The van der Waals surface area contributed by atoms with E-state index in [0.717, 1.165) is 22.3 Å². The number of hydrogen-bond donors (Lipinski definition) is 1. The molecule has 2 aromatic heterocycles. The lowest BCUT2D eigenvalue weighted by atomic mass is 9.99. The van der Waals surface area contributed by atoms with E-state index in [1.807, 2.05) is 37.5 Å². The molecular formula is C16H17N3O. The van der Waals surface area contributed by atoms with E-state index in [0.29, 0.717) is 0 Å². The van der Waals surface area contributed by atoms with Gasteiger partial charge in [-0.05, 0) is 18.1 Å². The summed E-state index contributed by atoms with van der Waals surface area (Å²) >= 11 is 0. The van der Waals surface area contributed by atoms with Crippen molar-refractivity contribution >= 4 is 5.57 Å². The Bertz CT molecular complexity index is 719. The molecule has 0 fully saturated rings. The molecule has 2 rings (SSSR count). The van der Waals surface area contributed by atoms with Crippen LogP contribution in [-0.2, 0) is 7.05 Å². The van der Waals surface area contributed by atoms with E-state index < -0.39 is 0 Å². The Balaban J connectivity index is 2.59. The highest BCUT2D eigenvalue weighted by Gasteiger charge is 2.09. The predicted octanol–water partition coefficient (Wildman–Crippen LogP) is 2.92. The van der Waals surface area contributed by atoms with Crippen LogP contribution in [0.25, 0.3) is 16.7 Å². The third-order valence-electron chi connectivity index (χ3n) is 3.06. The summed E-state index contributed by atoms with van der Waals surface area (Å²) in [7, 11) is 1.74. The molecule has 102 valence electrons. The van der Waals surface area contributed by atoms with E-state index in [1.54, 1.807) is 30.0 Å². The molecule has 0 aromatic carbocycles. The maximum absolute atomic E-state index is 11.9. The summed E-state index contributed by atoms with van der Waals surface area (Å²) < 4.78 is 1.57. The summed E-state index contributed by atoms with van der Waals surface area (Å²) in [6, 6.07) is 1.65. The van der Waals surface area contributed by atoms with Crippen LogP contribution in [-0.4, -0.2) is 14.8 Å². The molecule has 0 saturated heterocycles. The van der Waals surface area contributed by atoms with Gasteiger partial charge in [0.05, 0.1) is 6.20 Å². The first-order chi connectivity index (χ1) is 9.63. The maximum Gasteiger partial charge on any atom is 0.250 e. The fourth-order valence-corrected chi connectivity index (χ4v) is 1.95. The number of pyridine rings is 1. The minimum Gasteiger partial charge on any atom is -0.318 e. The van der Waals surface area contributed by atoms with E-state index in [4.69, 9.17) is 0 Å². The summed E-state index contributed by atoms with van der Waals surface area (Å²) in [5.41, 5.74) is 3.81. The topological polar surface area (TPSA) is 50.7 Å². The van der Waals surface area contributed by atoms with E-state index >= 15 is 0 Å². The molecule has 0 aliphatic rings. The molecule has 0 amide bonds. The fourth-order valence-electron chi connectivity index (χ4n) is 1.95. The van der Waals surface area contributed by atoms with E-state index in [2.05, 4.69) is 16.8 Å². The number of nitrogens with zero attached hydrogens (tertiary/aromatic N) is 2. The van der Waals surface area contributed by atoms with Crippen molar-refractivity contribution < 1.29 is 0 Å². The van der Waals surface area contributed by atoms with Crippen molar-refractivity contribution in [2.45, 2.75) is 6.92 Å². The van der Waals surface area contributed by atoms with E-state index in [1.165, 1.54) is 0 Å². The maximum atomic E-state index is 11.9. The van der Waals surface area contributed by atoms with Crippen molar-refractivity contribution in [3.63, 3.8) is 0 Å². The standard InChI is InChI=1S/C16H17N3O/c1-4-5-6-7-12(2)14-8-16(20)19(3)11-15(14)13-9-17-18-10-13/h4-11H,1H2,2-3H3,(H,17,18)/b6-5-,12-7+. The Labute approximate surface area is 117 Å². The molecule has 0 atom stereocenters. The van der Waals surface area contributed by atoms with Gasteiger partial charge < -0.3 is 4.57 Å². The average molecular weight is 267 g/mol. The fraction of sp³-hybridized carbons (Fsp3) is 0.125. The summed E-state index contributed by atoms with van der Waals surface area (Å²) in [5, 5.41) is 6.76. The van der Waals surface area contributed by atoms with Crippen molar-refractivity contribution in [3.8, 4) is 11.1 Å². The summed E-state index contributed by atoms with van der Waals surface area (Å²) in [4.78, 5) is 11.9. The third-order valence-corrected chi connectivity index (χ3v) is 3.06. The van der Waals surface area contributed by atoms with Crippen molar-refractivity contribution in [1.82, 2.24) is 14.8 Å². The lowest BCUT2D eigenvalue weighted by molar-refractivity contribution is 0.860. The van der Waals surface area contributed by atoms with Crippen molar-refractivity contribution in [3.05, 3.63) is 71.5 Å². The molecule has 0 unspecified atom stereocenters. The number of nitrogens with one attached hydrogen (secondary N) is 1. The number of aromatic nitrogens is 3. The van der Waals surface area contributed by atoms with Crippen LogP contribution in [0.1, 0.15) is 12.5 Å². The number of aromatic amines is 1. The van der Waals surface area contributed by atoms with Gasteiger partial charge in [-0.25, -0.2) is 0 Å².